The number of hydrogen-bond acceptors (Lipinski definition) is 0. The number of para-hydroxylation sites is 6. The first-order chi connectivity index (χ1) is 28.3. The number of nitrogens with zero attached hydrogens (tertiary/aromatic N) is 3. The molecule has 3 heterocycles. The van der Waals surface area contributed by atoms with Crippen LogP contribution in [0.5, 0.6) is 0 Å². The van der Waals surface area contributed by atoms with Crippen molar-refractivity contribution in [3.05, 3.63) is 212 Å². The lowest BCUT2D eigenvalue weighted by atomic mass is 9.97. The molecular weight excluding hydrogens is 691 g/mol. The predicted molar refractivity (Wildman–Crippen MR) is 240 cm³/mol. The molecule has 0 saturated heterocycles. The molecule has 0 spiro atoms. The third kappa shape index (κ3) is 4.60. The summed E-state index contributed by atoms with van der Waals surface area (Å²) in [6, 6.07) is 77.3. The van der Waals surface area contributed by atoms with Gasteiger partial charge in [0.15, 0.2) is 0 Å². The van der Waals surface area contributed by atoms with Crippen LogP contribution >= 0.6 is 0 Å². The Labute approximate surface area is 329 Å². The van der Waals surface area contributed by atoms with E-state index in [9.17, 15) is 0 Å². The minimum absolute atomic E-state index is 1.15. The third-order valence-electron chi connectivity index (χ3n) is 11.8. The molecule has 12 rings (SSSR count). The fourth-order valence-electron chi connectivity index (χ4n) is 9.55. The lowest BCUT2D eigenvalue weighted by Crippen LogP contribution is -1.99. The molecule has 0 N–H and O–H groups in total. The molecule has 0 aliphatic heterocycles. The molecule has 0 radical (unpaired) electrons. The second kappa shape index (κ2) is 12.5. The van der Waals surface area contributed by atoms with Gasteiger partial charge in [0.2, 0.25) is 0 Å². The van der Waals surface area contributed by atoms with Crippen LogP contribution in [-0.2, 0) is 0 Å². The average Bonchev–Trinajstić information content (AvgIpc) is 3.93. The van der Waals surface area contributed by atoms with Crippen LogP contribution in [-0.4, -0.2) is 13.7 Å². The van der Waals surface area contributed by atoms with Crippen molar-refractivity contribution in [2.45, 2.75) is 0 Å². The first-order valence-electron chi connectivity index (χ1n) is 19.6. The van der Waals surface area contributed by atoms with E-state index in [0.717, 1.165) is 17.1 Å². The SMILES string of the molecule is c1ccc(-c2cc3c(c4ccccc4n3-c3ccccc3-c3cccc4c3c3ccccc3n4-c3ccccc3)c3c4ccccc4n(-c4ccccc4)c23)cc1. The Bertz CT molecular complexity index is 3500. The molecule has 9 aromatic carbocycles. The molecule has 0 aliphatic carbocycles. The summed E-state index contributed by atoms with van der Waals surface area (Å²) in [7, 11) is 0. The fraction of sp³-hybridized carbons (Fsp3) is 0. The van der Waals surface area contributed by atoms with E-state index >= 15 is 0 Å². The monoisotopic (exact) mass is 725 g/mol. The summed E-state index contributed by atoms with van der Waals surface area (Å²) in [5.41, 5.74) is 15.4. The van der Waals surface area contributed by atoms with Crippen molar-refractivity contribution in [1.29, 1.82) is 0 Å². The van der Waals surface area contributed by atoms with Crippen LogP contribution in [0.2, 0.25) is 0 Å². The quantitative estimate of drug-likeness (QED) is 0.168. The normalized spacial score (nSPS) is 11.9. The Hall–Kier alpha value is -7.62. The highest BCUT2D eigenvalue weighted by Gasteiger charge is 2.25. The van der Waals surface area contributed by atoms with Gasteiger partial charge in [-0.15, -0.1) is 0 Å². The lowest BCUT2D eigenvalue weighted by Gasteiger charge is -2.17. The van der Waals surface area contributed by atoms with Crippen LogP contribution in [0, 0.1) is 0 Å². The van der Waals surface area contributed by atoms with Gasteiger partial charge in [0.1, 0.15) is 0 Å². The largest absolute Gasteiger partial charge is 0.309 e. The van der Waals surface area contributed by atoms with Crippen LogP contribution in [0.1, 0.15) is 0 Å². The number of benzene rings is 9. The number of rotatable bonds is 5. The number of fused-ring (bicyclic) bond motifs is 10. The van der Waals surface area contributed by atoms with Gasteiger partial charge in [-0.2, -0.15) is 0 Å². The minimum atomic E-state index is 1.15. The van der Waals surface area contributed by atoms with E-state index in [0.29, 0.717) is 0 Å². The maximum absolute atomic E-state index is 2.52. The zero-order valence-corrected chi connectivity index (χ0v) is 31.0. The van der Waals surface area contributed by atoms with Crippen LogP contribution in [0.15, 0.2) is 212 Å². The lowest BCUT2D eigenvalue weighted by molar-refractivity contribution is 1.17. The third-order valence-corrected chi connectivity index (χ3v) is 11.8. The van der Waals surface area contributed by atoms with Crippen molar-refractivity contribution >= 4 is 65.4 Å². The Kier molecular flexibility index (Phi) is 6.93. The Morgan fingerprint density at radius 3 is 1.42 bits per heavy atom. The first-order valence-corrected chi connectivity index (χ1v) is 19.6. The van der Waals surface area contributed by atoms with Gasteiger partial charge in [-0.25, -0.2) is 0 Å². The van der Waals surface area contributed by atoms with Crippen molar-refractivity contribution in [2.24, 2.45) is 0 Å². The molecule has 0 aliphatic rings. The fourth-order valence-corrected chi connectivity index (χ4v) is 9.55. The van der Waals surface area contributed by atoms with Crippen LogP contribution in [0.25, 0.3) is 105 Å². The van der Waals surface area contributed by atoms with Gasteiger partial charge in [-0.3, -0.25) is 0 Å². The van der Waals surface area contributed by atoms with E-state index in [1.807, 2.05) is 0 Å². The van der Waals surface area contributed by atoms with Gasteiger partial charge < -0.3 is 13.7 Å². The van der Waals surface area contributed by atoms with E-state index in [4.69, 9.17) is 0 Å². The van der Waals surface area contributed by atoms with E-state index in [1.54, 1.807) is 0 Å². The summed E-state index contributed by atoms with van der Waals surface area (Å²) in [5.74, 6) is 0. The summed E-state index contributed by atoms with van der Waals surface area (Å²) >= 11 is 0. The van der Waals surface area contributed by atoms with Gasteiger partial charge in [0.25, 0.3) is 0 Å². The molecule has 0 amide bonds. The molecule has 0 bridgehead atoms. The summed E-state index contributed by atoms with van der Waals surface area (Å²) < 4.78 is 7.40. The smallest absolute Gasteiger partial charge is 0.0627 e. The molecular formula is C54H35N3. The van der Waals surface area contributed by atoms with Gasteiger partial charge in [-0.05, 0) is 71.8 Å². The maximum Gasteiger partial charge on any atom is 0.0627 e. The molecule has 0 fully saturated rings. The Balaban J connectivity index is 1.24. The summed E-state index contributed by atoms with van der Waals surface area (Å²) in [4.78, 5) is 0. The summed E-state index contributed by atoms with van der Waals surface area (Å²) in [6.45, 7) is 0. The molecule has 3 heteroatoms. The molecule has 57 heavy (non-hydrogen) atoms. The Morgan fingerprint density at radius 2 is 0.737 bits per heavy atom. The zero-order chi connectivity index (χ0) is 37.5. The van der Waals surface area contributed by atoms with Crippen molar-refractivity contribution < 1.29 is 0 Å². The van der Waals surface area contributed by atoms with E-state index < -0.39 is 0 Å². The zero-order valence-electron chi connectivity index (χ0n) is 31.0. The van der Waals surface area contributed by atoms with Crippen molar-refractivity contribution in [2.75, 3.05) is 0 Å². The molecule has 0 unspecified atom stereocenters. The summed E-state index contributed by atoms with van der Waals surface area (Å²) in [5, 5.41) is 7.51. The molecule has 3 aromatic heterocycles. The Morgan fingerprint density at radius 1 is 0.263 bits per heavy atom. The first kappa shape index (κ1) is 31.7. The standard InChI is InChI=1S/C54H35N3/c1-4-19-36(20-5-1)44-35-50-52(53-43-28-13-16-32-47(43)56(54(44)53)38-23-8-3-9-24-38)42-27-12-17-33-48(42)57(50)45-30-14-10-25-39(45)40-29-18-34-49-51(40)41-26-11-15-31-46(41)55(49)37-21-6-2-7-22-37/h1-35H. The van der Waals surface area contributed by atoms with Crippen molar-refractivity contribution in [3.63, 3.8) is 0 Å². The molecule has 266 valence electrons. The molecule has 3 nitrogen and oxygen atoms in total. The topological polar surface area (TPSA) is 14.8 Å². The van der Waals surface area contributed by atoms with Gasteiger partial charge in [0, 0.05) is 54.8 Å². The van der Waals surface area contributed by atoms with Crippen molar-refractivity contribution in [1.82, 2.24) is 13.7 Å². The molecule has 0 saturated carbocycles. The van der Waals surface area contributed by atoms with E-state index in [1.165, 1.54) is 87.7 Å². The van der Waals surface area contributed by atoms with Crippen LogP contribution in [0.4, 0.5) is 0 Å². The highest BCUT2D eigenvalue weighted by molar-refractivity contribution is 6.31. The second-order valence-corrected chi connectivity index (χ2v) is 14.9. The van der Waals surface area contributed by atoms with Crippen molar-refractivity contribution in [3.8, 4) is 39.3 Å². The van der Waals surface area contributed by atoms with E-state index in [-0.39, 0.29) is 0 Å². The molecule has 12 aromatic rings. The highest BCUT2D eigenvalue weighted by Crippen LogP contribution is 2.48. The number of hydrogen-bond donors (Lipinski definition) is 0. The van der Waals surface area contributed by atoms with Gasteiger partial charge >= 0.3 is 0 Å². The average molecular weight is 726 g/mol. The number of aromatic nitrogens is 3. The predicted octanol–water partition coefficient (Wildman–Crippen LogP) is 14.3. The minimum Gasteiger partial charge on any atom is -0.309 e. The molecule has 0 atom stereocenters. The van der Waals surface area contributed by atoms with Crippen LogP contribution < -0.4 is 0 Å². The van der Waals surface area contributed by atoms with Gasteiger partial charge in [0.05, 0.1) is 38.8 Å². The van der Waals surface area contributed by atoms with E-state index in [2.05, 4.69) is 226 Å². The summed E-state index contributed by atoms with van der Waals surface area (Å²) in [6.07, 6.45) is 0. The van der Waals surface area contributed by atoms with Crippen LogP contribution in [0.3, 0.4) is 0 Å². The van der Waals surface area contributed by atoms with Gasteiger partial charge in [-0.1, -0.05) is 152 Å². The maximum atomic E-state index is 2.52. The highest BCUT2D eigenvalue weighted by atomic mass is 15.0. The second-order valence-electron chi connectivity index (χ2n) is 14.9.